The fourth-order valence-corrected chi connectivity index (χ4v) is 2.57. The Bertz CT molecular complexity index is 714. The average molecular weight is 333 g/mol. The van der Waals surface area contributed by atoms with Crippen molar-refractivity contribution in [2.75, 3.05) is 6.61 Å². The van der Waals surface area contributed by atoms with E-state index in [1.54, 1.807) is 6.20 Å². The second kappa shape index (κ2) is 6.86. The predicted octanol–water partition coefficient (Wildman–Crippen LogP) is 3.26. The standard InChI is InChI=1S/C17H23N3O4/c1-17(2,3)24-16(21)20-15-12(7-6-9-18-15)13(19-20)11-23-14-8-4-5-10-22-14/h6-7,9,14H,4-5,8,10-11H2,1-3H3/t14-/m0/s1. The van der Waals surface area contributed by atoms with E-state index >= 15 is 0 Å². The minimum Gasteiger partial charge on any atom is -0.442 e. The van der Waals surface area contributed by atoms with Crippen LogP contribution >= 0.6 is 0 Å². The molecular weight excluding hydrogens is 310 g/mol. The molecule has 0 unspecified atom stereocenters. The Kier molecular flexibility index (Phi) is 4.82. The van der Waals surface area contributed by atoms with Crippen LogP contribution in [0.15, 0.2) is 18.3 Å². The molecule has 1 atom stereocenters. The van der Waals surface area contributed by atoms with Crippen LogP contribution in [-0.4, -0.2) is 39.4 Å². The first kappa shape index (κ1) is 16.9. The number of hydrogen-bond acceptors (Lipinski definition) is 6. The van der Waals surface area contributed by atoms with Gasteiger partial charge in [-0.3, -0.25) is 0 Å². The second-order valence-electron chi connectivity index (χ2n) is 6.82. The van der Waals surface area contributed by atoms with Gasteiger partial charge in [-0.2, -0.15) is 5.10 Å². The minimum atomic E-state index is -0.600. The van der Waals surface area contributed by atoms with E-state index in [2.05, 4.69) is 10.1 Å². The van der Waals surface area contributed by atoms with Crippen molar-refractivity contribution in [3.8, 4) is 0 Å². The number of ether oxygens (including phenoxy) is 3. The van der Waals surface area contributed by atoms with Gasteiger partial charge < -0.3 is 14.2 Å². The van der Waals surface area contributed by atoms with Crippen LogP contribution in [0.2, 0.25) is 0 Å². The van der Waals surface area contributed by atoms with Crippen LogP contribution < -0.4 is 0 Å². The predicted molar refractivity (Wildman–Crippen MR) is 87.5 cm³/mol. The van der Waals surface area contributed by atoms with Crippen LogP contribution in [0.5, 0.6) is 0 Å². The Morgan fingerprint density at radius 2 is 2.25 bits per heavy atom. The van der Waals surface area contributed by atoms with Crippen LogP contribution in [0.4, 0.5) is 4.79 Å². The van der Waals surface area contributed by atoms with Crippen LogP contribution in [0.25, 0.3) is 11.0 Å². The van der Waals surface area contributed by atoms with E-state index in [0.29, 0.717) is 11.3 Å². The number of carbonyl (C=O) groups excluding carboxylic acids is 1. The summed E-state index contributed by atoms with van der Waals surface area (Å²) in [7, 11) is 0. The molecule has 0 amide bonds. The molecule has 3 rings (SSSR count). The summed E-state index contributed by atoms with van der Waals surface area (Å²) in [5.41, 5.74) is 0.518. The molecule has 1 aliphatic rings. The van der Waals surface area contributed by atoms with Crippen molar-refractivity contribution in [1.82, 2.24) is 14.8 Å². The van der Waals surface area contributed by atoms with E-state index in [4.69, 9.17) is 14.2 Å². The van der Waals surface area contributed by atoms with Crippen molar-refractivity contribution in [3.05, 3.63) is 24.0 Å². The number of hydrogen-bond donors (Lipinski definition) is 0. The van der Waals surface area contributed by atoms with Crippen molar-refractivity contribution in [2.24, 2.45) is 0 Å². The molecule has 1 fully saturated rings. The van der Waals surface area contributed by atoms with Crippen molar-refractivity contribution < 1.29 is 19.0 Å². The zero-order valence-electron chi connectivity index (χ0n) is 14.3. The number of nitrogens with zero attached hydrogens (tertiary/aromatic N) is 3. The maximum Gasteiger partial charge on any atom is 0.437 e. The Morgan fingerprint density at radius 1 is 1.42 bits per heavy atom. The first-order valence-electron chi connectivity index (χ1n) is 8.23. The molecule has 7 nitrogen and oxygen atoms in total. The highest BCUT2D eigenvalue weighted by Crippen LogP contribution is 2.21. The van der Waals surface area contributed by atoms with Crippen LogP contribution in [0, 0.1) is 0 Å². The Balaban J connectivity index is 1.82. The maximum atomic E-state index is 12.4. The molecule has 0 N–H and O–H groups in total. The lowest BCUT2D eigenvalue weighted by Gasteiger charge is -2.22. The number of rotatable bonds is 3. The molecule has 0 bridgehead atoms. The summed E-state index contributed by atoms with van der Waals surface area (Å²) in [6.45, 7) is 6.43. The molecule has 0 saturated carbocycles. The highest BCUT2D eigenvalue weighted by molar-refractivity contribution is 5.86. The van der Waals surface area contributed by atoms with Crippen molar-refractivity contribution >= 4 is 17.1 Å². The first-order valence-corrected chi connectivity index (χ1v) is 8.23. The monoisotopic (exact) mass is 333 g/mol. The molecule has 1 aliphatic heterocycles. The Hall–Kier alpha value is -1.99. The van der Waals surface area contributed by atoms with Gasteiger partial charge in [-0.15, -0.1) is 4.68 Å². The Morgan fingerprint density at radius 3 is 2.96 bits per heavy atom. The van der Waals surface area contributed by atoms with Crippen molar-refractivity contribution in [2.45, 2.75) is 58.5 Å². The normalized spacial score (nSPS) is 18.7. The fraction of sp³-hybridized carbons (Fsp3) is 0.588. The molecule has 2 aromatic rings. The topological polar surface area (TPSA) is 75.5 Å². The average Bonchev–Trinajstić information content (AvgIpc) is 2.91. The number of pyridine rings is 1. The highest BCUT2D eigenvalue weighted by atomic mass is 16.7. The zero-order valence-corrected chi connectivity index (χ0v) is 14.3. The van der Waals surface area contributed by atoms with Gasteiger partial charge in [0.2, 0.25) is 0 Å². The second-order valence-corrected chi connectivity index (χ2v) is 6.82. The molecule has 0 spiro atoms. The lowest BCUT2D eigenvalue weighted by atomic mass is 10.2. The molecular formula is C17H23N3O4. The summed E-state index contributed by atoms with van der Waals surface area (Å²) in [6.07, 6.45) is 3.91. The van der Waals surface area contributed by atoms with E-state index in [1.807, 2.05) is 32.9 Å². The summed E-state index contributed by atoms with van der Waals surface area (Å²) in [5.74, 6) is 0. The van der Waals surface area contributed by atoms with E-state index < -0.39 is 11.7 Å². The number of fused-ring (bicyclic) bond motifs is 1. The van der Waals surface area contributed by atoms with E-state index in [0.717, 1.165) is 31.3 Å². The largest absolute Gasteiger partial charge is 0.442 e. The molecule has 0 aromatic carbocycles. The van der Waals surface area contributed by atoms with Crippen LogP contribution in [-0.2, 0) is 20.8 Å². The van der Waals surface area contributed by atoms with Crippen LogP contribution in [0.1, 0.15) is 45.7 Å². The van der Waals surface area contributed by atoms with E-state index in [-0.39, 0.29) is 12.9 Å². The van der Waals surface area contributed by atoms with Gasteiger partial charge in [0.25, 0.3) is 0 Å². The lowest BCUT2D eigenvalue weighted by molar-refractivity contribution is -0.169. The SMILES string of the molecule is CC(C)(C)OC(=O)n1nc(CO[C@H]2CCCCO2)c2cccnc21. The smallest absolute Gasteiger partial charge is 0.437 e. The fourth-order valence-electron chi connectivity index (χ4n) is 2.57. The zero-order chi connectivity index (χ0) is 17.2. The van der Waals surface area contributed by atoms with Gasteiger partial charge in [-0.1, -0.05) is 0 Å². The molecule has 1 saturated heterocycles. The van der Waals surface area contributed by atoms with Gasteiger partial charge in [0.15, 0.2) is 11.9 Å². The maximum absolute atomic E-state index is 12.4. The lowest BCUT2D eigenvalue weighted by Crippen LogP contribution is -2.28. The van der Waals surface area contributed by atoms with E-state index in [1.165, 1.54) is 4.68 Å². The Labute approximate surface area is 140 Å². The first-order chi connectivity index (χ1) is 11.4. The molecule has 7 heteroatoms. The third-order valence-corrected chi connectivity index (χ3v) is 3.63. The van der Waals surface area contributed by atoms with Crippen LogP contribution in [0.3, 0.4) is 0 Å². The molecule has 24 heavy (non-hydrogen) atoms. The molecule has 130 valence electrons. The van der Waals surface area contributed by atoms with Gasteiger partial charge >= 0.3 is 6.09 Å². The highest BCUT2D eigenvalue weighted by Gasteiger charge is 2.23. The summed E-state index contributed by atoms with van der Waals surface area (Å²) < 4.78 is 18.0. The summed E-state index contributed by atoms with van der Waals surface area (Å²) in [6, 6.07) is 3.68. The van der Waals surface area contributed by atoms with Gasteiger partial charge in [-0.25, -0.2) is 9.78 Å². The summed E-state index contributed by atoms with van der Waals surface area (Å²) in [4.78, 5) is 16.6. The number of aromatic nitrogens is 3. The van der Waals surface area contributed by atoms with Crippen molar-refractivity contribution in [3.63, 3.8) is 0 Å². The quantitative estimate of drug-likeness (QED) is 0.858. The summed E-state index contributed by atoms with van der Waals surface area (Å²) in [5, 5.41) is 5.13. The molecule has 0 radical (unpaired) electrons. The van der Waals surface area contributed by atoms with Gasteiger partial charge in [0.05, 0.1) is 12.3 Å². The third-order valence-electron chi connectivity index (χ3n) is 3.63. The molecule has 3 heterocycles. The summed E-state index contributed by atoms with van der Waals surface area (Å²) >= 11 is 0. The molecule has 0 aliphatic carbocycles. The number of carbonyl (C=O) groups is 1. The van der Waals surface area contributed by atoms with Gasteiger partial charge in [0, 0.05) is 18.2 Å². The molecule has 2 aromatic heterocycles. The van der Waals surface area contributed by atoms with Crippen molar-refractivity contribution in [1.29, 1.82) is 0 Å². The van der Waals surface area contributed by atoms with E-state index in [9.17, 15) is 4.79 Å². The minimum absolute atomic E-state index is 0.211. The third kappa shape index (κ3) is 3.91. The van der Waals surface area contributed by atoms with Gasteiger partial charge in [0.1, 0.15) is 5.60 Å². The van der Waals surface area contributed by atoms with Gasteiger partial charge in [-0.05, 0) is 52.2 Å².